The van der Waals surface area contributed by atoms with E-state index in [4.69, 9.17) is 10.8 Å². The number of carboxylic acid groups (broad SMARTS) is 1. The predicted octanol–water partition coefficient (Wildman–Crippen LogP) is -0.893. The Morgan fingerprint density at radius 1 is 2.00 bits per heavy atom. The van der Waals surface area contributed by atoms with Crippen molar-refractivity contribution in [3.05, 3.63) is 0 Å². The van der Waals surface area contributed by atoms with Crippen molar-refractivity contribution in [3.63, 3.8) is 0 Å². The summed E-state index contributed by atoms with van der Waals surface area (Å²) in [6, 6.07) is 0. The monoisotopic (exact) mass is 183 g/mol. The summed E-state index contributed by atoms with van der Waals surface area (Å²) in [6.45, 7) is 1.48. The van der Waals surface area contributed by atoms with Crippen LogP contribution in [0.3, 0.4) is 0 Å². The van der Waals surface area contributed by atoms with Crippen LogP contribution in [0.1, 0.15) is 6.92 Å². The van der Waals surface area contributed by atoms with E-state index in [0.29, 0.717) is 5.32 Å². The third kappa shape index (κ3) is 1.82. The van der Waals surface area contributed by atoms with E-state index in [1.54, 1.807) is 0 Å². The minimum atomic E-state index is -1.07. The van der Waals surface area contributed by atoms with Crippen LogP contribution in [0.5, 0.6) is 0 Å². The number of carbonyl (C=O) groups is 1. The molecule has 4 heteroatoms. The van der Waals surface area contributed by atoms with E-state index >= 15 is 0 Å². The second kappa shape index (κ2) is 2.48. The van der Waals surface area contributed by atoms with Crippen LogP contribution in [0.25, 0.3) is 0 Å². The van der Waals surface area contributed by atoms with Gasteiger partial charge in [-0.1, -0.05) is 0 Å². The minimum absolute atomic E-state index is 0.398. The molecule has 0 fully saturated rings. The molecule has 0 bridgehead atoms. The molecule has 0 aliphatic heterocycles. The predicted molar refractivity (Wildman–Crippen MR) is 32.2 cm³/mol. The van der Waals surface area contributed by atoms with Crippen LogP contribution >= 0.6 is 0 Å². The fourth-order valence-electron chi connectivity index (χ4n) is 0.0676. The zero-order valence-corrected chi connectivity index (χ0v) is 6.46. The number of hydrogen-bond acceptors (Lipinski definition) is 2. The Kier molecular flexibility index (Phi) is 2.47. The van der Waals surface area contributed by atoms with Gasteiger partial charge in [-0.25, -0.2) is 0 Å². The second-order valence-electron chi connectivity index (χ2n) is 1.88. The van der Waals surface area contributed by atoms with Gasteiger partial charge >= 0.3 is 55.4 Å². The molecule has 8 heavy (non-hydrogen) atoms. The van der Waals surface area contributed by atoms with E-state index < -0.39 is 11.5 Å². The molecule has 1 atom stereocenters. The molecule has 0 saturated heterocycles. The van der Waals surface area contributed by atoms with Crippen molar-refractivity contribution in [2.24, 2.45) is 5.73 Å². The number of aliphatic carboxylic acids is 1. The third-order valence-corrected chi connectivity index (χ3v) is 2.20. The zero-order valence-electron chi connectivity index (χ0n) is 4.59. The van der Waals surface area contributed by atoms with Crippen LogP contribution < -0.4 is 5.73 Å². The molecule has 0 aliphatic rings. The Balaban J connectivity index is 3.91. The van der Waals surface area contributed by atoms with Crippen molar-refractivity contribution >= 4 is 22.0 Å². The van der Waals surface area contributed by atoms with Gasteiger partial charge in [-0.05, 0) is 0 Å². The van der Waals surface area contributed by atoms with Crippen molar-refractivity contribution in [1.82, 2.24) is 0 Å². The van der Waals surface area contributed by atoms with E-state index in [9.17, 15) is 4.79 Å². The summed E-state index contributed by atoms with van der Waals surface area (Å²) < 4.78 is 0. The van der Waals surface area contributed by atoms with Gasteiger partial charge < -0.3 is 0 Å². The molecule has 48 valence electrons. The van der Waals surface area contributed by atoms with Gasteiger partial charge in [0.25, 0.3) is 0 Å². The number of nitrogens with two attached hydrogens (primary N) is 1. The van der Waals surface area contributed by atoms with Crippen molar-refractivity contribution in [3.8, 4) is 0 Å². The Labute approximate surface area is 56.1 Å². The Bertz CT molecular complexity index is 102. The van der Waals surface area contributed by atoms with Crippen LogP contribution in [0.4, 0.5) is 0 Å². The molecule has 0 radical (unpaired) electrons. The summed E-state index contributed by atoms with van der Waals surface area (Å²) >= 11 is 2.15. The van der Waals surface area contributed by atoms with Gasteiger partial charge in [0, 0.05) is 0 Å². The van der Waals surface area contributed by atoms with Gasteiger partial charge in [-0.15, -0.1) is 0 Å². The van der Waals surface area contributed by atoms with Crippen LogP contribution in [-0.4, -0.2) is 32.6 Å². The van der Waals surface area contributed by atoms with Crippen LogP contribution in [0, 0.1) is 0 Å². The number of rotatable bonds is 2. The average molecular weight is 182 g/mol. The first-order valence-electron chi connectivity index (χ1n) is 2.14. The normalized spacial score (nSPS) is 17.4. The van der Waals surface area contributed by atoms with Crippen molar-refractivity contribution < 1.29 is 9.90 Å². The van der Waals surface area contributed by atoms with Crippen LogP contribution in [0.15, 0.2) is 0 Å². The fraction of sp³-hybridized carbons (Fsp3) is 0.750. The molecule has 0 unspecified atom stereocenters. The third-order valence-electron chi connectivity index (χ3n) is 0.817. The van der Waals surface area contributed by atoms with Crippen molar-refractivity contribution in [1.29, 1.82) is 0 Å². The van der Waals surface area contributed by atoms with Crippen LogP contribution in [0.2, 0.25) is 5.32 Å². The first-order chi connectivity index (χ1) is 3.50. The van der Waals surface area contributed by atoms with E-state index in [1.807, 2.05) is 0 Å². The Hall–Kier alpha value is -0.0505. The van der Waals surface area contributed by atoms with Gasteiger partial charge in [0.05, 0.1) is 0 Å². The van der Waals surface area contributed by atoms with Crippen molar-refractivity contribution in [2.75, 3.05) is 0 Å². The summed E-state index contributed by atoms with van der Waals surface area (Å²) in [6.07, 6.45) is 0. The molecule has 0 rings (SSSR count). The maximum atomic E-state index is 10.1. The quantitative estimate of drug-likeness (QED) is 0.544. The molecular weight excluding hydrogens is 173 g/mol. The SMILES string of the molecule is C[C@@](N)(C[SeH])C(=O)O. The Morgan fingerprint density at radius 3 is 2.38 bits per heavy atom. The molecule has 0 amide bonds. The Morgan fingerprint density at radius 2 is 2.38 bits per heavy atom. The molecule has 3 nitrogen and oxygen atoms in total. The molecule has 0 saturated carbocycles. The number of hydrogen-bond donors (Lipinski definition) is 2. The van der Waals surface area contributed by atoms with Crippen LogP contribution in [-0.2, 0) is 4.79 Å². The first kappa shape index (κ1) is 7.95. The maximum absolute atomic E-state index is 10.1. The molecule has 0 spiro atoms. The summed E-state index contributed by atoms with van der Waals surface area (Å²) in [4.78, 5) is 10.1. The molecule has 0 aliphatic carbocycles. The molecule has 3 N–H and O–H groups in total. The van der Waals surface area contributed by atoms with E-state index in [2.05, 4.69) is 16.0 Å². The van der Waals surface area contributed by atoms with Gasteiger partial charge in [-0.2, -0.15) is 0 Å². The summed E-state index contributed by atoms with van der Waals surface area (Å²) in [5.74, 6) is -0.960. The van der Waals surface area contributed by atoms with E-state index in [1.165, 1.54) is 6.92 Å². The van der Waals surface area contributed by atoms with Crippen molar-refractivity contribution in [2.45, 2.75) is 17.8 Å². The summed E-state index contributed by atoms with van der Waals surface area (Å²) in [5.41, 5.74) is 4.17. The first-order valence-corrected chi connectivity index (χ1v) is 3.46. The van der Waals surface area contributed by atoms with Gasteiger partial charge in [0.1, 0.15) is 0 Å². The van der Waals surface area contributed by atoms with E-state index in [0.717, 1.165) is 0 Å². The average Bonchev–Trinajstić information content (AvgIpc) is 1.67. The van der Waals surface area contributed by atoms with Gasteiger partial charge in [0.15, 0.2) is 0 Å². The van der Waals surface area contributed by atoms with Gasteiger partial charge in [0.2, 0.25) is 0 Å². The van der Waals surface area contributed by atoms with E-state index in [-0.39, 0.29) is 0 Å². The van der Waals surface area contributed by atoms with Gasteiger partial charge in [-0.3, -0.25) is 0 Å². The zero-order chi connectivity index (χ0) is 6.78. The fourth-order valence-corrected chi connectivity index (χ4v) is 0.351. The topological polar surface area (TPSA) is 63.3 Å². The molecule has 0 heterocycles. The number of carboxylic acids is 1. The summed E-state index contributed by atoms with van der Waals surface area (Å²) in [5, 5.41) is 8.70. The summed E-state index contributed by atoms with van der Waals surface area (Å²) in [7, 11) is 0. The second-order valence-corrected chi connectivity index (χ2v) is 2.54. The molecule has 0 aromatic rings. The standard InChI is InChI=1S/C4H9NO2Se/c1-4(5,2-8)3(6)7/h8H,2,5H2,1H3,(H,6,7)/t4-/m1/s1. The molecular formula is C4H9NO2Se. The molecule has 0 aromatic heterocycles. The molecule has 0 aromatic carbocycles.